The van der Waals surface area contributed by atoms with Crippen LogP contribution >= 0.6 is 23.2 Å². The lowest BCUT2D eigenvalue weighted by Crippen LogP contribution is -2.39. The Kier molecular flexibility index (Phi) is 5.84. The van der Waals surface area contributed by atoms with Crippen LogP contribution in [0.15, 0.2) is 42.5 Å². The topological polar surface area (TPSA) is 55.6 Å². The number of primary amides is 1. The van der Waals surface area contributed by atoms with Gasteiger partial charge in [0.15, 0.2) is 0 Å². The maximum absolute atomic E-state index is 11.5. The van der Waals surface area contributed by atoms with Crippen LogP contribution in [-0.2, 0) is 17.9 Å². The molecule has 1 saturated heterocycles. The first-order valence-corrected chi connectivity index (χ1v) is 8.97. The van der Waals surface area contributed by atoms with Crippen LogP contribution in [0.25, 0.3) is 0 Å². The van der Waals surface area contributed by atoms with Gasteiger partial charge in [0.25, 0.3) is 0 Å². The summed E-state index contributed by atoms with van der Waals surface area (Å²) in [4.78, 5) is 13.6. The molecule has 2 aromatic carbocycles. The number of benzene rings is 2. The molecule has 1 aliphatic rings. The van der Waals surface area contributed by atoms with Crippen LogP contribution in [0.5, 0.6) is 5.75 Å². The maximum atomic E-state index is 11.5. The molecule has 6 heteroatoms. The summed E-state index contributed by atoms with van der Waals surface area (Å²) in [6.45, 7) is 2.05. The molecule has 2 N–H and O–H groups in total. The van der Waals surface area contributed by atoms with Crippen LogP contribution in [0.2, 0.25) is 10.0 Å². The van der Waals surface area contributed by atoms with Gasteiger partial charge in [-0.05, 0) is 54.8 Å². The summed E-state index contributed by atoms with van der Waals surface area (Å²) in [5, 5.41) is 1.05. The number of halogens is 2. The van der Waals surface area contributed by atoms with Gasteiger partial charge in [0.1, 0.15) is 12.4 Å². The first kappa shape index (κ1) is 18.1. The molecular formula is C19H20Cl2N2O2. The highest BCUT2D eigenvalue weighted by Gasteiger charge is 2.28. The van der Waals surface area contributed by atoms with Crippen molar-refractivity contribution in [1.29, 1.82) is 0 Å². The molecule has 0 saturated carbocycles. The van der Waals surface area contributed by atoms with Crippen molar-refractivity contribution in [2.75, 3.05) is 6.54 Å². The Labute approximate surface area is 157 Å². The molecule has 1 heterocycles. The monoisotopic (exact) mass is 378 g/mol. The average Bonchev–Trinajstić information content (AvgIpc) is 3.06. The van der Waals surface area contributed by atoms with Crippen LogP contribution in [-0.4, -0.2) is 23.4 Å². The summed E-state index contributed by atoms with van der Waals surface area (Å²) in [7, 11) is 0. The van der Waals surface area contributed by atoms with Crippen molar-refractivity contribution >= 4 is 29.1 Å². The zero-order valence-electron chi connectivity index (χ0n) is 13.8. The van der Waals surface area contributed by atoms with Crippen LogP contribution in [0, 0.1) is 0 Å². The summed E-state index contributed by atoms with van der Waals surface area (Å²) >= 11 is 11.9. The predicted molar refractivity (Wildman–Crippen MR) is 99.9 cm³/mol. The lowest BCUT2D eigenvalue weighted by atomic mass is 10.1. The van der Waals surface area contributed by atoms with Crippen molar-refractivity contribution in [2.24, 2.45) is 5.73 Å². The van der Waals surface area contributed by atoms with Crippen LogP contribution in [0.4, 0.5) is 0 Å². The molecular weight excluding hydrogens is 359 g/mol. The minimum absolute atomic E-state index is 0.148. The van der Waals surface area contributed by atoms with E-state index in [1.165, 1.54) is 0 Å². The highest BCUT2D eigenvalue weighted by Crippen LogP contribution is 2.24. The average molecular weight is 379 g/mol. The second-order valence-electron chi connectivity index (χ2n) is 6.21. The first-order valence-electron chi connectivity index (χ1n) is 8.22. The van der Waals surface area contributed by atoms with Gasteiger partial charge in [-0.3, -0.25) is 9.69 Å². The van der Waals surface area contributed by atoms with Gasteiger partial charge in [0, 0.05) is 6.54 Å². The van der Waals surface area contributed by atoms with Crippen molar-refractivity contribution in [1.82, 2.24) is 4.90 Å². The fourth-order valence-corrected chi connectivity index (χ4v) is 3.38. The Morgan fingerprint density at radius 3 is 2.52 bits per heavy atom. The van der Waals surface area contributed by atoms with Gasteiger partial charge in [-0.1, -0.05) is 41.4 Å². The summed E-state index contributed by atoms with van der Waals surface area (Å²) < 4.78 is 5.78. The van der Waals surface area contributed by atoms with E-state index in [4.69, 9.17) is 33.7 Å². The number of likely N-dealkylation sites (tertiary alicyclic amines) is 1. The lowest BCUT2D eigenvalue weighted by molar-refractivity contribution is -0.122. The quantitative estimate of drug-likeness (QED) is 0.825. The van der Waals surface area contributed by atoms with Gasteiger partial charge < -0.3 is 10.5 Å². The molecule has 0 bridgehead atoms. The van der Waals surface area contributed by atoms with Gasteiger partial charge in [-0.2, -0.15) is 0 Å². The Hall–Kier alpha value is -1.75. The minimum atomic E-state index is -0.237. The third kappa shape index (κ3) is 4.66. The number of hydrogen-bond donors (Lipinski definition) is 1. The molecule has 1 aliphatic heterocycles. The molecule has 3 rings (SSSR count). The molecule has 132 valence electrons. The summed E-state index contributed by atoms with van der Waals surface area (Å²) in [6.07, 6.45) is 1.86. The van der Waals surface area contributed by atoms with E-state index in [0.29, 0.717) is 16.7 Å². The highest BCUT2D eigenvalue weighted by atomic mass is 35.5. The SMILES string of the molecule is NC(=O)[C@@H]1CCCN1Cc1ccc(OCc2ccc(Cl)c(Cl)c2)cc1. The fourth-order valence-electron chi connectivity index (χ4n) is 3.06. The lowest BCUT2D eigenvalue weighted by Gasteiger charge is -2.21. The van der Waals surface area contributed by atoms with Crippen molar-refractivity contribution < 1.29 is 9.53 Å². The van der Waals surface area contributed by atoms with Crippen molar-refractivity contribution in [3.8, 4) is 5.75 Å². The molecule has 4 nitrogen and oxygen atoms in total. The Bertz CT molecular complexity index is 750. The zero-order valence-corrected chi connectivity index (χ0v) is 15.3. The van der Waals surface area contributed by atoms with Crippen LogP contribution in [0.1, 0.15) is 24.0 Å². The Morgan fingerprint density at radius 1 is 1.12 bits per heavy atom. The van der Waals surface area contributed by atoms with Gasteiger partial charge in [-0.15, -0.1) is 0 Å². The van der Waals surface area contributed by atoms with E-state index >= 15 is 0 Å². The third-order valence-corrected chi connectivity index (χ3v) is 5.13. The fraction of sp³-hybridized carbons (Fsp3) is 0.316. The Balaban J connectivity index is 1.56. The van der Waals surface area contributed by atoms with Gasteiger partial charge in [-0.25, -0.2) is 0 Å². The largest absolute Gasteiger partial charge is 0.489 e. The number of hydrogen-bond acceptors (Lipinski definition) is 3. The van der Waals surface area contributed by atoms with Crippen LogP contribution in [0.3, 0.4) is 0 Å². The Morgan fingerprint density at radius 2 is 1.84 bits per heavy atom. The molecule has 0 aliphatic carbocycles. The van der Waals surface area contributed by atoms with Gasteiger partial charge >= 0.3 is 0 Å². The summed E-state index contributed by atoms with van der Waals surface area (Å²) in [5.41, 5.74) is 7.55. The van der Waals surface area contributed by atoms with Crippen molar-refractivity contribution in [2.45, 2.75) is 32.0 Å². The number of carbonyl (C=O) groups is 1. The molecule has 1 amide bonds. The second kappa shape index (κ2) is 8.09. The molecule has 0 radical (unpaired) electrons. The van der Waals surface area contributed by atoms with E-state index in [1.54, 1.807) is 12.1 Å². The highest BCUT2D eigenvalue weighted by molar-refractivity contribution is 6.42. The number of rotatable bonds is 6. The second-order valence-corrected chi connectivity index (χ2v) is 7.03. The predicted octanol–water partition coefficient (Wildman–Crippen LogP) is 4.02. The van der Waals surface area contributed by atoms with Crippen molar-refractivity contribution in [3.05, 3.63) is 63.6 Å². The van der Waals surface area contributed by atoms with E-state index in [-0.39, 0.29) is 11.9 Å². The summed E-state index contributed by atoms with van der Waals surface area (Å²) in [6, 6.07) is 13.2. The third-order valence-electron chi connectivity index (χ3n) is 4.39. The van der Waals surface area contributed by atoms with Crippen molar-refractivity contribution in [3.63, 3.8) is 0 Å². The van der Waals surface area contributed by atoms with Gasteiger partial charge in [0.05, 0.1) is 16.1 Å². The van der Waals surface area contributed by atoms with Crippen LogP contribution < -0.4 is 10.5 Å². The number of nitrogens with zero attached hydrogens (tertiary/aromatic N) is 1. The molecule has 0 spiro atoms. The van der Waals surface area contributed by atoms with E-state index < -0.39 is 0 Å². The molecule has 2 aromatic rings. The van der Waals surface area contributed by atoms with E-state index in [1.807, 2.05) is 30.3 Å². The van der Waals surface area contributed by atoms with E-state index in [9.17, 15) is 4.79 Å². The van der Waals surface area contributed by atoms with E-state index in [0.717, 1.165) is 42.8 Å². The van der Waals surface area contributed by atoms with Gasteiger partial charge in [0.2, 0.25) is 5.91 Å². The van der Waals surface area contributed by atoms with E-state index in [2.05, 4.69) is 4.90 Å². The summed E-state index contributed by atoms with van der Waals surface area (Å²) in [5.74, 6) is 0.543. The number of carbonyl (C=O) groups excluding carboxylic acids is 1. The molecule has 0 unspecified atom stereocenters. The maximum Gasteiger partial charge on any atom is 0.234 e. The zero-order chi connectivity index (χ0) is 17.8. The minimum Gasteiger partial charge on any atom is -0.489 e. The molecule has 1 fully saturated rings. The molecule has 25 heavy (non-hydrogen) atoms. The number of ether oxygens (including phenoxy) is 1. The number of nitrogens with two attached hydrogens (primary N) is 1. The first-order chi connectivity index (χ1) is 12.0. The standard InChI is InChI=1S/C19H20Cl2N2O2/c20-16-8-5-14(10-17(16)21)12-25-15-6-3-13(4-7-15)11-23-9-1-2-18(23)19(22)24/h3-8,10,18H,1-2,9,11-12H2,(H2,22,24)/t18-/m0/s1. The molecule has 0 aromatic heterocycles. The normalized spacial score (nSPS) is 17.6. The number of amides is 1. The smallest absolute Gasteiger partial charge is 0.234 e. The molecule has 1 atom stereocenters.